The largest absolute Gasteiger partial charge is 0.481 e. The van der Waals surface area contributed by atoms with Gasteiger partial charge in [-0.1, -0.05) is 43.7 Å². The maximum absolute atomic E-state index is 13.4. The lowest BCUT2D eigenvalue weighted by Gasteiger charge is -2.49. The van der Waals surface area contributed by atoms with Crippen LogP contribution in [0.25, 0.3) is 0 Å². The number of ether oxygens (including phenoxy) is 1. The molecule has 1 N–H and O–H groups in total. The first-order valence-electron chi connectivity index (χ1n) is 11.7. The van der Waals surface area contributed by atoms with Gasteiger partial charge in [-0.2, -0.15) is 0 Å². The third-order valence-corrected chi connectivity index (χ3v) is 11.6. The van der Waals surface area contributed by atoms with Gasteiger partial charge in [0.25, 0.3) is 5.91 Å². The molecule has 6 nitrogen and oxygen atoms in total. The van der Waals surface area contributed by atoms with Gasteiger partial charge in [-0.15, -0.1) is 0 Å². The standard InChI is InChI=1S/C25H34ClN3O3Si/c1-16(32-18-10-7-9-17(26)13-18)22(30)29-15-19-20(24(29,2)3)14-27-21(19)28-23(31)25(11-8-12-25)33(4,5)6/h7,9-10,13,16H,8,11-12,14-15H2,1-6H3,(H,27,28,31). The molecule has 1 saturated carbocycles. The van der Waals surface area contributed by atoms with Gasteiger partial charge in [-0.05, 0) is 57.4 Å². The molecule has 1 unspecified atom stereocenters. The Labute approximate surface area is 202 Å². The molecule has 1 aromatic carbocycles. The Morgan fingerprint density at radius 2 is 1.94 bits per heavy atom. The molecular formula is C25H34ClN3O3Si. The predicted octanol–water partition coefficient (Wildman–Crippen LogP) is 4.82. The summed E-state index contributed by atoms with van der Waals surface area (Å²) in [4.78, 5) is 33.2. The van der Waals surface area contributed by atoms with Crippen molar-refractivity contribution in [1.82, 2.24) is 10.2 Å². The molecule has 8 heteroatoms. The number of hydrogen-bond donors (Lipinski definition) is 1. The van der Waals surface area contributed by atoms with E-state index in [2.05, 4.69) is 30.0 Å². The van der Waals surface area contributed by atoms with E-state index in [0.717, 1.165) is 30.4 Å². The summed E-state index contributed by atoms with van der Waals surface area (Å²) in [5.74, 6) is 1.22. The third-order valence-electron chi connectivity index (χ3n) is 7.81. The highest BCUT2D eigenvalue weighted by Crippen LogP contribution is 2.55. The van der Waals surface area contributed by atoms with Gasteiger partial charge in [0.1, 0.15) is 11.6 Å². The molecule has 0 saturated heterocycles. The van der Waals surface area contributed by atoms with Crippen LogP contribution in [-0.2, 0) is 9.59 Å². The minimum Gasteiger partial charge on any atom is -0.481 e. The van der Waals surface area contributed by atoms with Crippen molar-refractivity contribution in [1.29, 1.82) is 0 Å². The van der Waals surface area contributed by atoms with E-state index >= 15 is 0 Å². The van der Waals surface area contributed by atoms with Crippen molar-refractivity contribution in [2.24, 2.45) is 4.99 Å². The topological polar surface area (TPSA) is 71.0 Å². The number of carbonyl (C=O) groups is 2. The molecule has 0 radical (unpaired) electrons. The maximum Gasteiger partial charge on any atom is 0.264 e. The Morgan fingerprint density at radius 1 is 1.24 bits per heavy atom. The lowest BCUT2D eigenvalue weighted by molar-refractivity contribution is -0.140. The minimum atomic E-state index is -1.68. The van der Waals surface area contributed by atoms with E-state index in [4.69, 9.17) is 16.3 Å². The van der Waals surface area contributed by atoms with E-state index in [1.807, 2.05) is 18.7 Å². The average molecular weight is 488 g/mol. The smallest absolute Gasteiger partial charge is 0.264 e. The molecular weight excluding hydrogens is 454 g/mol. The summed E-state index contributed by atoms with van der Waals surface area (Å²) >= 11 is 6.05. The van der Waals surface area contributed by atoms with E-state index in [1.165, 1.54) is 0 Å². The minimum absolute atomic E-state index is 0.0994. The number of amidine groups is 1. The second-order valence-electron chi connectivity index (χ2n) is 11.0. The van der Waals surface area contributed by atoms with E-state index in [-0.39, 0.29) is 16.9 Å². The number of rotatable bonds is 5. The summed E-state index contributed by atoms with van der Waals surface area (Å²) in [7, 11) is -1.68. The van der Waals surface area contributed by atoms with E-state index in [0.29, 0.717) is 29.7 Å². The van der Waals surface area contributed by atoms with Crippen molar-refractivity contribution >= 4 is 37.3 Å². The van der Waals surface area contributed by atoms with Crippen molar-refractivity contribution < 1.29 is 14.3 Å². The zero-order valence-corrected chi connectivity index (χ0v) is 22.2. The highest BCUT2D eigenvalue weighted by atomic mass is 35.5. The van der Waals surface area contributed by atoms with Crippen LogP contribution in [-0.4, -0.2) is 55.4 Å². The molecule has 33 heavy (non-hydrogen) atoms. The van der Waals surface area contributed by atoms with Gasteiger partial charge in [0, 0.05) is 15.6 Å². The number of amides is 2. The molecule has 2 aliphatic heterocycles. The maximum atomic E-state index is 13.4. The SMILES string of the molecule is CC(Oc1cccc(Cl)c1)C(=O)N1CC2=C(CN=C2NC(=O)C2([Si](C)(C)C)CCC2)C1(C)C. The highest BCUT2D eigenvalue weighted by molar-refractivity contribution is 6.82. The number of hydrogen-bond acceptors (Lipinski definition) is 4. The fourth-order valence-electron chi connectivity index (χ4n) is 5.30. The van der Waals surface area contributed by atoms with Crippen LogP contribution in [0, 0.1) is 0 Å². The first-order chi connectivity index (χ1) is 15.4. The molecule has 1 atom stereocenters. The van der Waals surface area contributed by atoms with Crippen LogP contribution in [0.3, 0.4) is 0 Å². The molecule has 4 rings (SSSR count). The third kappa shape index (κ3) is 4.03. The molecule has 178 valence electrons. The number of nitrogens with zero attached hydrogens (tertiary/aromatic N) is 2. The fraction of sp³-hybridized carbons (Fsp3) is 0.560. The van der Waals surface area contributed by atoms with Crippen LogP contribution in [0.4, 0.5) is 0 Å². The quantitative estimate of drug-likeness (QED) is 0.605. The number of halogens is 1. The van der Waals surface area contributed by atoms with Gasteiger partial charge in [0.2, 0.25) is 5.91 Å². The lowest BCUT2D eigenvalue weighted by Crippen LogP contribution is -2.55. The van der Waals surface area contributed by atoms with Crippen molar-refractivity contribution in [2.45, 2.75) is 76.4 Å². The number of nitrogens with one attached hydrogen (secondary N) is 1. The molecule has 0 spiro atoms. The Kier molecular flexibility index (Phi) is 6.02. The molecule has 2 heterocycles. The monoisotopic (exact) mass is 487 g/mol. The van der Waals surface area contributed by atoms with Crippen molar-refractivity contribution in [3.63, 3.8) is 0 Å². The zero-order valence-electron chi connectivity index (χ0n) is 20.4. The normalized spacial score (nSPS) is 21.8. The van der Waals surface area contributed by atoms with Crippen LogP contribution < -0.4 is 10.1 Å². The molecule has 1 aliphatic carbocycles. The molecule has 1 aromatic rings. The summed E-state index contributed by atoms with van der Waals surface area (Å²) in [5.41, 5.74) is 1.57. The first kappa shape index (κ1) is 24.0. The molecule has 2 amide bonds. The summed E-state index contributed by atoms with van der Waals surface area (Å²) in [6, 6.07) is 7.06. The predicted molar refractivity (Wildman–Crippen MR) is 135 cm³/mol. The van der Waals surface area contributed by atoms with E-state index in [9.17, 15) is 9.59 Å². The van der Waals surface area contributed by atoms with Crippen LogP contribution >= 0.6 is 11.6 Å². The van der Waals surface area contributed by atoms with E-state index in [1.54, 1.807) is 31.2 Å². The summed E-state index contributed by atoms with van der Waals surface area (Å²) in [6.07, 6.45) is 2.37. The summed E-state index contributed by atoms with van der Waals surface area (Å²) < 4.78 is 5.89. The first-order valence-corrected chi connectivity index (χ1v) is 15.6. The van der Waals surface area contributed by atoms with Gasteiger partial charge in [-0.3, -0.25) is 14.6 Å². The molecule has 3 aliphatic rings. The van der Waals surface area contributed by atoms with Crippen LogP contribution in [0.15, 0.2) is 40.4 Å². The van der Waals surface area contributed by atoms with Gasteiger partial charge in [-0.25, -0.2) is 0 Å². The average Bonchev–Trinajstić information content (AvgIpc) is 3.17. The van der Waals surface area contributed by atoms with Gasteiger partial charge >= 0.3 is 0 Å². The van der Waals surface area contributed by atoms with Crippen molar-refractivity contribution in [3.8, 4) is 5.75 Å². The van der Waals surface area contributed by atoms with Gasteiger partial charge in [0.05, 0.1) is 26.7 Å². The highest BCUT2D eigenvalue weighted by Gasteiger charge is 2.54. The Balaban J connectivity index is 1.48. The van der Waals surface area contributed by atoms with Crippen LogP contribution in [0.1, 0.15) is 40.0 Å². The van der Waals surface area contributed by atoms with Gasteiger partial charge in [0.15, 0.2) is 6.10 Å². The summed E-state index contributed by atoms with van der Waals surface area (Å²) in [5, 5.41) is 3.52. The Hall–Kier alpha value is -2.12. The molecule has 0 aromatic heterocycles. The van der Waals surface area contributed by atoms with Crippen molar-refractivity contribution in [3.05, 3.63) is 40.4 Å². The van der Waals surface area contributed by atoms with Crippen LogP contribution in [0.5, 0.6) is 5.75 Å². The van der Waals surface area contributed by atoms with Gasteiger partial charge < -0.3 is 15.0 Å². The number of aliphatic imine (C=N–C) groups is 1. The Bertz CT molecular complexity index is 1050. The second-order valence-corrected chi connectivity index (χ2v) is 16.9. The number of benzene rings is 1. The fourth-order valence-corrected chi connectivity index (χ4v) is 8.08. The lowest BCUT2D eigenvalue weighted by atomic mass is 9.83. The zero-order chi connectivity index (χ0) is 24.2. The number of carbonyl (C=O) groups excluding carboxylic acids is 2. The second kappa shape index (κ2) is 8.27. The van der Waals surface area contributed by atoms with Crippen molar-refractivity contribution in [2.75, 3.05) is 13.1 Å². The Morgan fingerprint density at radius 3 is 2.52 bits per heavy atom. The van der Waals surface area contributed by atoms with Crippen LogP contribution in [0.2, 0.25) is 29.7 Å². The van der Waals surface area contributed by atoms with E-state index < -0.39 is 19.7 Å². The summed E-state index contributed by atoms with van der Waals surface area (Å²) in [6.45, 7) is 13.6. The molecule has 1 fully saturated rings. The molecule has 0 bridgehead atoms.